The highest BCUT2D eigenvalue weighted by molar-refractivity contribution is 5.90. The molecule has 0 amide bonds. The van der Waals surface area contributed by atoms with E-state index in [4.69, 9.17) is 0 Å². The number of aromatic nitrogens is 2. The van der Waals surface area contributed by atoms with E-state index < -0.39 is 0 Å². The molecule has 0 aliphatic heterocycles. The zero-order valence-corrected chi connectivity index (χ0v) is 20.4. The average molecular weight is 459 g/mol. The largest absolute Gasteiger partial charge is 0.344 e. The third-order valence-electron chi connectivity index (χ3n) is 8.73. The van der Waals surface area contributed by atoms with Crippen molar-refractivity contribution in [3.05, 3.63) is 108 Å². The molecule has 35 heavy (non-hydrogen) atoms. The Morgan fingerprint density at radius 1 is 0.514 bits per heavy atom. The van der Waals surface area contributed by atoms with E-state index in [0.717, 1.165) is 0 Å². The lowest BCUT2D eigenvalue weighted by Crippen LogP contribution is -2.05. The fraction of sp³-hybridized carbons (Fsp3) is 0.333. The highest BCUT2D eigenvalue weighted by Crippen LogP contribution is 2.44. The third kappa shape index (κ3) is 3.54. The number of hydrogen-bond donors (Lipinski definition) is 0. The first-order chi connectivity index (χ1) is 17.4. The highest BCUT2D eigenvalue weighted by atomic mass is 15.0. The molecule has 176 valence electrons. The molecule has 0 radical (unpaired) electrons. The molecule has 5 aromatic rings. The van der Waals surface area contributed by atoms with Crippen LogP contribution in [0.2, 0.25) is 0 Å². The van der Waals surface area contributed by atoms with E-state index in [2.05, 4.69) is 100 Å². The van der Waals surface area contributed by atoms with Crippen molar-refractivity contribution in [3.63, 3.8) is 0 Å². The summed E-state index contributed by atoms with van der Waals surface area (Å²) in [5.41, 5.74) is 7.09. The van der Waals surface area contributed by atoms with Gasteiger partial charge in [0.05, 0.1) is 0 Å². The smallest absolute Gasteiger partial charge is 0.0486 e. The quantitative estimate of drug-likeness (QED) is 0.249. The van der Waals surface area contributed by atoms with Gasteiger partial charge in [-0.3, -0.25) is 0 Å². The molecule has 3 aromatic carbocycles. The lowest BCUT2D eigenvalue weighted by Gasteiger charge is -2.18. The van der Waals surface area contributed by atoms with Crippen LogP contribution in [0.25, 0.3) is 21.8 Å². The van der Waals surface area contributed by atoms with Crippen LogP contribution in [-0.2, 0) is 0 Å². The lowest BCUT2D eigenvalue weighted by molar-refractivity contribution is 0.532. The molecule has 2 saturated carbocycles. The summed E-state index contributed by atoms with van der Waals surface area (Å²) in [5.74, 6) is 0.219. The first-order valence-corrected chi connectivity index (χ1v) is 13.6. The maximum Gasteiger partial charge on any atom is 0.0486 e. The van der Waals surface area contributed by atoms with Crippen molar-refractivity contribution in [2.24, 2.45) is 0 Å². The average Bonchev–Trinajstić information content (AvgIpc) is 3.72. The normalized spacial score (nSPS) is 17.4. The number of fused-ring (bicyclic) bond motifs is 2. The van der Waals surface area contributed by atoms with Crippen LogP contribution in [0.5, 0.6) is 0 Å². The molecule has 0 spiro atoms. The minimum Gasteiger partial charge on any atom is -0.344 e. The molecule has 0 N–H and O–H groups in total. The van der Waals surface area contributed by atoms with Crippen LogP contribution >= 0.6 is 0 Å². The van der Waals surface area contributed by atoms with Gasteiger partial charge in [0.2, 0.25) is 0 Å². The van der Waals surface area contributed by atoms with Crippen LogP contribution in [0.3, 0.4) is 0 Å². The Bertz CT molecular complexity index is 1370. The van der Waals surface area contributed by atoms with Gasteiger partial charge < -0.3 is 9.13 Å². The summed E-state index contributed by atoms with van der Waals surface area (Å²) in [7, 11) is 0. The SMILES string of the molecule is c1ccc(C(c2cn(C3CCCC3)c3ccccc23)c2cn(C3CCCC3)c3ccccc23)cc1. The number of benzene rings is 3. The van der Waals surface area contributed by atoms with Crippen molar-refractivity contribution in [1.82, 2.24) is 9.13 Å². The molecule has 7 rings (SSSR count). The predicted octanol–water partition coefficient (Wildman–Crippen LogP) is 9.01. The van der Waals surface area contributed by atoms with Gasteiger partial charge in [-0.05, 0) is 54.5 Å². The molecule has 0 atom stereocenters. The second-order valence-corrected chi connectivity index (χ2v) is 10.7. The molecule has 2 fully saturated rings. The zero-order chi connectivity index (χ0) is 23.2. The lowest BCUT2D eigenvalue weighted by atomic mass is 9.85. The van der Waals surface area contributed by atoms with Crippen LogP contribution < -0.4 is 0 Å². The van der Waals surface area contributed by atoms with Crippen molar-refractivity contribution in [1.29, 1.82) is 0 Å². The molecule has 0 saturated heterocycles. The summed E-state index contributed by atoms with van der Waals surface area (Å²) >= 11 is 0. The maximum atomic E-state index is 2.61. The summed E-state index contributed by atoms with van der Waals surface area (Å²) < 4.78 is 5.23. The minimum absolute atomic E-state index is 0.219. The van der Waals surface area contributed by atoms with E-state index in [1.165, 1.54) is 89.9 Å². The van der Waals surface area contributed by atoms with Gasteiger partial charge in [-0.2, -0.15) is 0 Å². The van der Waals surface area contributed by atoms with E-state index in [1.54, 1.807) is 0 Å². The number of nitrogens with zero attached hydrogens (tertiary/aromatic N) is 2. The summed E-state index contributed by atoms with van der Waals surface area (Å²) in [6.45, 7) is 0. The molecule has 2 aliphatic carbocycles. The number of hydrogen-bond acceptors (Lipinski definition) is 0. The van der Waals surface area contributed by atoms with Crippen molar-refractivity contribution in [2.75, 3.05) is 0 Å². The van der Waals surface area contributed by atoms with Crippen molar-refractivity contribution in [3.8, 4) is 0 Å². The first-order valence-electron chi connectivity index (χ1n) is 13.6. The molecule has 2 nitrogen and oxygen atoms in total. The fourth-order valence-electron chi connectivity index (χ4n) is 7.06. The zero-order valence-electron chi connectivity index (χ0n) is 20.4. The van der Waals surface area contributed by atoms with Crippen LogP contribution in [0.1, 0.15) is 86.1 Å². The Hall–Kier alpha value is -3.26. The van der Waals surface area contributed by atoms with Crippen molar-refractivity contribution in [2.45, 2.75) is 69.4 Å². The van der Waals surface area contributed by atoms with Gasteiger partial charge in [-0.1, -0.05) is 92.4 Å². The number of rotatable bonds is 5. The molecule has 0 bridgehead atoms. The number of para-hydroxylation sites is 2. The molecule has 0 unspecified atom stereocenters. The van der Waals surface area contributed by atoms with Crippen LogP contribution in [0, 0.1) is 0 Å². The topological polar surface area (TPSA) is 9.86 Å². The molecular formula is C33H34N2. The Morgan fingerprint density at radius 3 is 1.43 bits per heavy atom. The summed E-state index contributed by atoms with van der Waals surface area (Å²) in [6.07, 6.45) is 15.6. The molecule has 2 heterocycles. The van der Waals surface area contributed by atoms with Gasteiger partial charge in [-0.25, -0.2) is 0 Å². The van der Waals surface area contributed by atoms with Crippen molar-refractivity contribution >= 4 is 21.8 Å². The van der Waals surface area contributed by atoms with E-state index in [1.807, 2.05) is 0 Å². The summed E-state index contributed by atoms with van der Waals surface area (Å²) in [4.78, 5) is 0. The van der Waals surface area contributed by atoms with Crippen LogP contribution in [0.15, 0.2) is 91.3 Å². The first kappa shape index (κ1) is 21.1. The van der Waals surface area contributed by atoms with Gasteiger partial charge in [0.25, 0.3) is 0 Å². The fourth-order valence-corrected chi connectivity index (χ4v) is 7.06. The van der Waals surface area contributed by atoms with Crippen molar-refractivity contribution < 1.29 is 0 Å². The second kappa shape index (κ2) is 8.75. The van der Waals surface area contributed by atoms with Crippen LogP contribution in [0.4, 0.5) is 0 Å². The van der Waals surface area contributed by atoms with E-state index in [9.17, 15) is 0 Å². The Kier molecular flexibility index (Phi) is 5.26. The summed E-state index contributed by atoms with van der Waals surface area (Å²) in [6, 6.07) is 30.7. The molecule has 2 aromatic heterocycles. The monoisotopic (exact) mass is 458 g/mol. The van der Waals surface area contributed by atoms with E-state index in [-0.39, 0.29) is 5.92 Å². The third-order valence-corrected chi connectivity index (χ3v) is 8.73. The molecular weight excluding hydrogens is 424 g/mol. The van der Waals surface area contributed by atoms with Gasteiger partial charge in [0.1, 0.15) is 0 Å². The highest BCUT2D eigenvalue weighted by Gasteiger charge is 2.29. The minimum atomic E-state index is 0.219. The van der Waals surface area contributed by atoms with Gasteiger partial charge >= 0.3 is 0 Å². The molecule has 2 heteroatoms. The maximum absolute atomic E-state index is 2.61. The van der Waals surface area contributed by atoms with Crippen LogP contribution in [-0.4, -0.2) is 9.13 Å². The van der Waals surface area contributed by atoms with Gasteiger partial charge in [0, 0.05) is 52.2 Å². The Balaban J connectivity index is 1.48. The predicted molar refractivity (Wildman–Crippen MR) is 146 cm³/mol. The second-order valence-electron chi connectivity index (χ2n) is 10.7. The van der Waals surface area contributed by atoms with E-state index in [0.29, 0.717) is 12.1 Å². The Labute approximate surface area is 208 Å². The van der Waals surface area contributed by atoms with E-state index >= 15 is 0 Å². The Morgan fingerprint density at radius 2 is 0.943 bits per heavy atom. The standard InChI is InChI=1S/C33H34N2/c1-2-12-24(13-3-1)33(29-22-34(25-14-4-5-15-25)31-20-10-8-18-27(29)31)30-23-35(26-16-6-7-17-26)32-21-11-9-19-28(30)32/h1-3,8-13,18-23,25-26,33H,4-7,14-17H2. The van der Waals surface area contributed by atoms with Gasteiger partial charge in [0.15, 0.2) is 0 Å². The summed E-state index contributed by atoms with van der Waals surface area (Å²) in [5, 5.41) is 2.82. The van der Waals surface area contributed by atoms with Gasteiger partial charge in [-0.15, -0.1) is 0 Å². The molecule has 2 aliphatic rings.